The molecule has 1 aromatic rings. The number of likely N-dealkylation sites (N-methyl/N-ethyl adjacent to an activating group) is 1. The number of piperazine rings is 1. The van der Waals surface area contributed by atoms with Crippen molar-refractivity contribution >= 4 is 11.6 Å². The number of para-hydroxylation sites is 1. The smallest absolute Gasteiger partial charge is 0.239 e. The second-order valence-corrected chi connectivity index (χ2v) is 6.00. The molecule has 1 fully saturated rings. The zero-order chi connectivity index (χ0) is 16.1. The van der Waals surface area contributed by atoms with Crippen molar-refractivity contribution in [3.8, 4) is 0 Å². The molecule has 0 unspecified atom stereocenters. The van der Waals surface area contributed by atoms with Gasteiger partial charge in [-0.1, -0.05) is 18.2 Å². The number of hydrogen-bond acceptors (Lipinski definition) is 3. The number of carbonyl (C=O) groups excluding carboxylic acids is 1. The van der Waals surface area contributed by atoms with Crippen LogP contribution in [0.4, 0.5) is 5.69 Å². The Kier molecular flexibility index (Phi) is 5.83. The van der Waals surface area contributed by atoms with Crippen LogP contribution < -0.4 is 4.90 Å². The molecular weight excluding hydrogens is 274 g/mol. The fraction of sp³-hybridized carbons (Fsp3) is 0.611. The average molecular weight is 303 g/mol. The van der Waals surface area contributed by atoms with Crippen molar-refractivity contribution in [2.24, 2.45) is 0 Å². The number of aryl methyl sites for hydroxylation is 1. The largest absolute Gasteiger partial charge is 0.369 e. The molecule has 4 heteroatoms. The van der Waals surface area contributed by atoms with E-state index in [4.69, 9.17) is 0 Å². The van der Waals surface area contributed by atoms with E-state index in [0.717, 1.165) is 39.3 Å². The summed E-state index contributed by atoms with van der Waals surface area (Å²) in [5.74, 6) is 0.259. The first kappa shape index (κ1) is 16.8. The van der Waals surface area contributed by atoms with Gasteiger partial charge in [0.15, 0.2) is 0 Å². The molecule has 0 radical (unpaired) electrons. The molecule has 1 aliphatic rings. The van der Waals surface area contributed by atoms with E-state index in [1.54, 1.807) is 0 Å². The Balaban J connectivity index is 1.94. The van der Waals surface area contributed by atoms with E-state index in [2.05, 4.69) is 41.0 Å². The van der Waals surface area contributed by atoms with Crippen LogP contribution in [0.3, 0.4) is 0 Å². The van der Waals surface area contributed by atoms with E-state index in [-0.39, 0.29) is 11.9 Å². The van der Waals surface area contributed by atoms with Gasteiger partial charge >= 0.3 is 0 Å². The van der Waals surface area contributed by atoms with Crippen LogP contribution in [0.2, 0.25) is 0 Å². The highest BCUT2D eigenvalue weighted by Gasteiger charge is 2.28. The Hall–Kier alpha value is -1.55. The van der Waals surface area contributed by atoms with E-state index in [9.17, 15) is 4.79 Å². The van der Waals surface area contributed by atoms with Gasteiger partial charge in [0.1, 0.15) is 0 Å². The molecule has 0 N–H and O–H groups in total. The number of amides is 1. The standard InChI is InChI=1S/C18H29N3O/c1-5-19(6-2)18(22)16(4)20-11-13-21(14-12-20)17-10-8-7-9-15(17)3/h7-10,16H,5-6,11-14H2,1-4H3/t16-/m1/s1. The van der Waals surface area contributed by atoms with Gasteiger partial charge < -0.3 is 9.80 Å². The SMILES string of the molecule is CCN(CC)C(=O)[C@@H](C)N1CCN(c2ccccc2C)CC1. The van der Waals surface area contributed by atoms with Crippen molar-refractivity contribution in [3.05, 3.63) is 29.8 Å². The van der Waals surface area contributed by atoms with E-state index < -0.39 is 0 Å². The van der Waals surface area contributed by atoms with E-state index in [1.165, 1.54) is 11.3 Å². The molecule has 0 saturated carbocycles. The maximum absolute atomic E-state index is 12.5. The minimum absolute atomic E-state index is 0.0149. The summed E-state index contributed by atoms with van der Waals surface area (Å²) in [6.45, 7) is 13.8. The Morgan fingerprint density at radius 3 is 2.27 bits per heavy atom. The van der Waals surface area contributed by atoms with E-state index in [0.29, 0.717) is 0 Å². The summed E-state index contributed by atoms with van der Waals surface area (Å²) in [5.41, 5.74) is 2.65. The molecule has 1 heterocycles. The van der Waals surface area contributed by atoms with Crippen LogP contribution >= 0.6 is 0 Å². The molecular formula is C18H29N3O. The zero-order valence-electron chi connectivity index (χ0n) is 14.4. The van der Waals surface area contributed by atoms with E-state index in [1.807, 2.05) is 25.7 Å². The summed E-state index contributed by atoms with van der Waals surface area (Å²) in [5, 5.41) is 0. The molecule has 1 amide bonds. The lowest BCUT2D eigenvalue weighted by Crippen LogP contribution is -2.54. The molecule has 0 aliphatic carbocycles. The van der Waals surface area contributed by atoms with Gasteiger partial charge in [0.2, 0.25) is 5.91 Å². The monoisotopic (exact) mass is 303 g/mol. The summed E-state index contributed by atoms with van der Waals surface area (Å²) in [7, 11) is 0. The summed E-state index contributed by atoms with van der Waals surface area (Å²) < 4.78 is 0. The minimum atomic E-state index is -0.0149. The van der Waals surface area contributed by atoms with Gasteiger partial charge in [-0.25, -0.2) is 0 Å². The Morgan fingerprint density at radius 1 is 1.14 bits per heavy atom. The number of nitrogens with zero attached hydrogens (tertiary/aromatic N) is 3. The normalized spacial score (nSPS) is 17.4. The Labute approximate surface area is 134 Å². The molecule has 1 aliphatic heterocycles. The molecule has 2 rings (SSSR count). The molecule has 4 nitrogen and oxygen atoms in total. The molecule has 0 bridgehead atoms. The molecule has 1 aromatic carbocycles. The lowest BCUT2D eigenvalue weighted by Gasteiger charge is -2.40. The lowest BCUT2D eigenvalue weighted by molar-refractivity contribution is -0.136. The third kappa shape index (κ3) is 3.61. The third-order valence-electron chi connectivity index (χ3n) is 4.75. The molecule has 122 valence electrons. The summed E-state index contributed by atoms with van der Waals surface area (Å²) >= 11 is 0. The number of rotatable bonds is 5. The highest BCUT2D eigenvalue weighted by Crippen LogP contribution is 2.21. The van der Waals surface area contributed by atoms with Crippen LogP contribution in [-0.4, -0.2) is 61.0 Å². The number of carbonyl (C=O) groups is 1. The maximum Gasteiger partial charge on any atom is 0.239 e. The third-order valence-corrected chi connectivity index (χ3v) is 4.75. The van der Waals surface area contributed by atoms with Gasteiger partial charge in [0, 0.05) is 45.0 Å². The van der Waals surface area contributed by atoms with Crippen molar-refractivity contribution in [2.75, 3.05) is 44.2 Å². The van der Waals surface area contributed by atoms with Crippen molar-refractivity contribution < 1.29 is 4.79 Å². The van der Waals surface area contributed by atoms with Crippen molar-refractivity contribution in [1.82, 2.24) is 9.80 Å². The average Bonchev–Trinajstić information content (AvgIpc) is 2.56. The zero-order valence-corrected chi connectivity index (χ0v) is 14.4. The molecule has 22 heavy (non-hydrogen) atoms. The van der Waals surface area contributed by atoms with Gasteiger partial charge in [0.25, 0.3) is 0 Å². The number of hydrogen-bond donors (Lipinski definition) is 0. The molecule has 1 atom stereocenters. The number of anilines is 1. The molecule has 0 aromatic heterocycles. The summed E-state index contributed by atoms with van der Waals surface area (Å²) in [6.07, 6.45) is 0. The maximum atomic E-state index is 12.5. The first-order valence-electron chi connectivity index (χ1n) is 8.41. The van der Waals surface area contributed by atoms with Crippen molar-refractivity contribution in [2.45, 2.75) is 33.7 Å². The highest BCUT2D eigenvalue weighted by molar-refractivity contribution is 5.81. The van der Waals surface area contributed by atoms with Crippen LogP contribution in [0.25, 0.3) is 0 Å². The van der Waals surface area contributed by atoms with Crippen molar-refractivity contribution in [3.63, 3.8) is 0 Å². The van der Waals surface area contributed by atoms with Gasteiger partial charge in [-0.2, -0.15) is 0 Å². The summed E-state index contributed by atoms with van der Waals surface area (Å²) in [6, 6.07) is 8.52. The van der Waals surface area contributed by atoms with Gasteiger partial charge in [-0.15, -0.1) is 0 Å². The molecule has 0 spiro atoms. The van der Waals surface area contributed by atoms with Crippen LogP contribution in [0.5, 0.6) is 0 Å². The van der Waals surface area contributed by atoms with Crippen LogP contribution in [0.15, 0.2) is 24.3 Å². The first-order valence-corrected chi connectivity index (χ1v) is 8.41. The van der Waals surface area contributed by atoms with Gasteiger partial charge in [-0.3, -0.25) is 9.69 Å². The topological polar surface area (TPSA) is 26.8 Å². The lowest BCUT2D eigenvalue weighted by atomic mass is 10.1. The first-order chi connectivity index (χ1) is 10.6. The Bertz CT molecular complexity index is 491. The predicted octanol–water partition coefficient (Wildman–Crippen LogP) is 2.37. The van der Waals surface area contributed by atoms with Crippen molar-refractivity contribution in [1.29, 1.82) is 0 Å². The van der Waals surface area contributed by atoms with Crippen LogP contribution in [0.1, 0.15) is 26.3 Å². The minimum Gasteiger partial charge on any atom is -0.369 e. The fourth-order valence-corrected chi connectivity index (χ4v) is 3.22. The number of benzene rings is 1. The van der Waals surface area contributed by atoms with Crippen LogP contribution in [0, 0.1) is 6.92 Å². The summed E-state index contributed by atoms with van der Waals surface area (Å²) in [4.78, 5) is 19.2. The highest BCUT2D eigenvalue weighted by atomic mass is 16.2. The Morgan fingerprint density at radius 2 is 1.73 bits per heavy atom. The molecule has 1 saturated heterocycles. The van der Waals surface area contributed by atoms with Crippen LogP contribution in [-0.2, 0) is 4.79 Å². The fourth-order valence-electron chi connectivity index (χ4n) is 3.22. The predicted molar refractivity (Wildman–Crippen MR) is 92.4 cm³/mol. The van der Waals surface area contributed by atoms with Gasteiger partial charge in [0.05, 0.1) is 6.04 Å². The quantitative estimate of drug-likeness (QED) is 0.835. The second kappa shape index (κ2) is 7.63. The van der Waals surface area contributed by atoms with E-state index >= 15 is 0 Å². The second-order valence-electron chi connectivity index (χ2n) is 6.00. The van der Waals surface area contributed by atoms with Gasteiger partial charge in [-0.05, 0) is 39.3 Å².